The lowest BCUT2D eigenvalue weighted by atomic mass is 9.79. The maximum atomic E-state index is 4.52. The maximum absolute atomic E-state index is 4.52. The van der Waals surface area contributed by atoms with Crippen molar-refractivity contribution in [2.45, 2.75) is 221 Å². The molecule has 0 aromatic heterocycles. The minimum Gasteiger partial charge on any atom is -0.285 e. The summed E-state index contributed by atoms with van der Waals surface area (Å²) in [5.74, 6) is 34.1. The van der Waals surface area contributed by atoms with Gasteiger partial charge in [-0.1, -0.05) is 255 Å². The van der Waals surface area contributed by atoms with Gasteiger partial charge in [-0.25, -0.2) is 0 Å². The van der Waals surface area contributed by atoms with E-state index in [1.165, 1.54) is 33.4 Å². The van der Waals surface area contributed by atoms with Crippen LogP contribution in [0.2, 0.25) is 33.2 Å². The molecule has 0 aliphatic carbocycles. The molecule has 6 heteroatoms. The van der Waals surface area contributed by atoms with Gasteiger partial charge in [0.05, 0.1) is 0 Å². The first-order chi connectivity index (χ1) is 38.8. The van der Waals surface area contributed by atoms with Gasteiger partial charge in [0, 0.05) is 51.9 Å². The normalized spacial score (nSPS) is 12.2. The van der Waals surface area contributed by atoms with Crippen LogP contribution in [0.5, 0.6) is 0 Å². The Kier molecular flexibility index (Phi) is 22.4. The molecule has 0 heterocycles. The largest absolute Gasteiger partial charge is 0.285 e. The van der Waals surface area contributed by atoms with Gasteiger partial charge in [-0.3, -0.25) is 5.01 Å². The lowest BCUT2D eigenvalue weighted by molar-refractivity contribution is 0.408. The zero-order chi connectivity index (χ0) is 63.1. The summed E-state index contributed by atoms with van der Waals surface area (Å²) in [4.78, 5) is 0. The summed E-state index contributed by atoms with van der Waals surface area (Å²) in [6.07, 6.45) is 0. The van der Waals surface area contributed by atoms with E-state index in [9.17, 15) is 0 Å². The molecular formula is C78H98BrN3Si2. The zero-order valence-electron chi connectivity index (χ0n) is 56.3. The highest BCUT2D eigenvalue weighted by Crippen LogP contribution is 2.43. The van der Waals surface area contributed by atoms with Gasteiger partial charge in [0.1, 0.15) is 21.8 Å². The molecule has 0 radical (unpaired) electrons. The Morgan fingerprint density at radius 1 is 0.357 bits per heavy atom. The van der Waals surface area contributed by atoms with Gasteiger partial charge in [0.15, 0.2) is 0 Å². The topological polar surface area (TPSA) is 28.0 Å². The van der Waals surface area contributed by atoms with Crippen molar-refractivity contribution < 1.29 is 0 Å². The standard InChI is InChI=1S/C78H98BrN3Si2/c1-53(2)83(54(3)4,55(5)6)41-39-65-43-63(67-45-69(75(13,14)15)51-70(46-67)76(16,17)18)37-35-59(65)31-27-29-33-61-49-73(79)74(80-81-82(25)26)50-62(61)34-30-28-32-60-36-38-64(44-66(60)40-42-84(56(7)8,57(9)10)58(11)12)68-47-71(77(19,20)21)52-72(48-68)78(22,23)24/h35-38,43-58H,1-26H3. The Morgan fingerprint density at radius 3 is 0.929 bits per heavy atom. The monoisotopic (exact) mass is 1210 g/mol. The van der Waals surface area contributed by atoms with Crippen LogP contribution < -0.4 is 0 Å². The average Bonchev–Trinajstić information content (AvgIpc) is 1.59. The Labute approximate surface area is 522 Å². The summed E-state index contributed by atoms with van der Waals surface area (Å²) in [6, 6.07) is 31.1. The molecule has 0 saturated heterocycles. The molecular weight excluding hydrogens is 1110 g/mol. The van der Waals surface area contributed by atoms with Crippen LogP contribution in [0.25, 0.3) is 22.3 Å². The van der Waals surface area contributed by atoms with Gasteiger partial charge in [0.25, 0.3) is 0 Å². The minimum atomic E-state index is -2.09. The van der Waals surface area contributed by atoms with Crippen LogP contribution in [0, 0.1) is 70.3 Å². The Hall–Kier alpha value is -6.23. The molecule has 0 unspecified atom stereocenters. The summed E-state index contributed by atoms with van der Waals surface area (Å²) in [6.45, 7) is 55.8. The fourth-order valence-corrected chi connectivity index (χ4v) is 22.6. The highest BCUT2D eigenvalue weighted by molar-refractivity contribution is 9.10. The molecule has 0 N–H and O–H groups in total. The third-order valence-electron chi connectivity index (χ3n) is 16.9. The van der Waals surface area contributed by atoms with E-state index in [1.807, 2.05) is 26.2 Å². The second-order valence-corrected chi connectivity index (χ2v) is 41.3. The number of nitrogens with zero attached hydrogens (tertiary/aromatic N) is 3. The Bertz CT molecular complexity index is 3540. The number of halogens is 1. The van der Waals surface area contributed by atoms with Crippen LogP contribution in [0.15, 0.2) is 99.7 Å². The first-order valence-electron chi connectivity index (χ1n) is 30.5. The fraction of sp³-hybridized carbons (Fsp3) is 0.462. The first-order valence-corrected chi connectivity index (χ1v) is 35.7. The molecule has 0 atom stereocenters. The summed E-state index contributed by atoms with van der Waals surface area (Å²) in [5.41, 5.74) is 26.3. The van der Waals surface area contributed by atoms with Gasteiger partial charge in [-0.05, 0) is 175 Å². The summed E-state index contributed by atoms with van der Waals surface area (Å²) < 4.78 is 0.739. The second-order valence-electron chi connectivity index (χ2n) is 29.3. The van der Waals surface area contributed by atoms with E-state index in [4.69, 9.17) is 0 Å². The lowest BCUT2D eigenvalue weighted by Crippen LogP contribution is -2.43. The molecule has 0 aliphatic rings. The van der Waals surface area contributed by atoms with E-state index in [1.54, 1.807) is 5.01 Å². The van der Waals surface area contributed by atoms with E-state index >= 15 is 0 Å². The van der Waals surface area contributed by atoms with E-state index in [0.717, 1.165) is 37.9 Å². The van der Waals surface area contributed by atoms with Crippen molar-refractivity contribution in [2.75, 3.05) is 14.1 Å². The Morgan fingerprint density at radius 2 is 0.643 bits per heavy atom. The van der Waals surface area contributed by atoms with Crippen LogP contribution >= 0.6 is 15.9 Å². The molecule has 0 fully saturated rings. The summed E-state index contributed by atoms with van der Waals surface area (Å²) in [5, 5.41) is 10.5. The van der Waals surface area contributed by atoms with Crippen molar-refractivity contribution in [3.63, 3.8) is 0 Å². The molecule has 0 saturated carbocycles. The molecule has 440 valence electrons. The van der Waals surface area contributed by atoms with Crippen LogP contribution in [-0.4, -0.2) is 35.3 Å². The smallest absolute Gasteiger partial charge is 0.146 e. The summed E-state index contributed by atoms with van der Waals surface area (Å²) >= 11 is 3.76. The van der Waals surface area contributed by atoms with E-state index in [2.05, 4.69) is 336 Å². The number of rotatable bonds is 10. The third kappa shape index (κ3) is 16.8. The molecule has 0 amide bonds. The van der Waals surface area contributed by atoms with Crippen LogP contribution in [0.4, 0.5) is 5.69 Å². The second kappa shape index (κ2) is 27.4. The maximum Gasteiger partial charge on any atom is 0.146 e. The molecule has 3 nitrogen and oxygen atoms in total. The number of hydrogen-bond acceptors (Lipinski definition) is 2. The molecule has 84 heavy (non-hydrogen) atoms. The average molecular weight is 1210 g/mol. The van der Waals surface area contributed by atoms with Crippen LogP contribution in [-0.2, 0) is 21.7 Å². The number of hydrogen-bond donors (Lipinski definition) is 0. The van der Waals surface area contributed by atoms with E-state index < -0.39 is 16.1 Å². The summed E-state index contributed by atoms with van der Waals surface area (Å²) in [7, 11) is -0.484. The predicted octanol–water partition coefficient (Wildman–Crippen LogP) is 21.5. The minimum absolute atomic E-state index is 0.0156. The molecule has 0 aliphatic heterocycles. The number of benzene rings is 5. The Balaban J connectivity index is 1.72. The molecule has 5 rings (SSSR count). The van der Waals surface area contributed by atoms with Gasteiger partial charge in [-0.2, -0.15) is 0 Å². The SMILES string of the molecule is CC(C)[Si](C#Cc1cc(-c2cc(C(C)(C)C)cc(C(C)(C)C)c2)ccc1C#CC#Cc1cc(Br)c(N=NN(C)C)cc1C#CC#Cc1ccc(-c2cc(C(C)(C)C)cc(C(C)(C)C)c2)cc1C#C[Si](C(C)C)(C(C)C)C(C)C)(C(C)C)C(C)C. The quantitative estimate of drug-likeness (QED) is 0.0593. The van der Waals surface area contributed by atoms with Gasteiger partial charge < -0.3 is 0 Å². The molecule has 5 aromatic rings. The zero-order valence-corrected chi connectivity index (χ0v) is 59.9. The van der Waals surface area contributed by atoms with Crippen LogP contribution in [0.3, 0.4) is 0 Å². The van der Waals surface area contributed by atoms with Crippen molar-refractivity contribution in [1.82, 2.24) is 5.01 Å². The highest BCUT2D eigenvalue weighted by atomic mass is 79.9. The van der Waals surface area contributed by atoms with Crippen LogP contribution in [0.1, 0.15) is 222 Å². The lowest BCUT2D eigenvalue weighted by Gasteiger charge is -2.38. The van der Waals surface area contributed by atoms with Crippen molar-refractivity contribution in [1.29, 1.82) is 0 Å². The molecule has 5 aromatic carbocycles. The third-order valence-corrected chi connectivity index (χ3v) is 30.1. The van der Waals surface area contributed by atoms with E-state index in [0.29, 0.717) is 50.1 Å². The van der Waals surface area contributed by atoms with Crippen molar-refractivity contribution in [2.24, 2.45) is 10.3 Å². The predicted molar refractivity (Wildman–Crippen MR) is 374 cm³/mol. The van der Waals surface area contributed by atoms with Gasteiger partial charge in [0.2, 0.25) is 0 Å². The van der Waals surface area contributed by atoms with Crippen molar-refractivity contribution in [3.8, 4) is 92.5 Å². The van der Waals surface area contributed by atoms with Gasteiger partial charge >= 0.3 is 0 Å². The van der Waals surface area contributed by atoms with Crippen molar-refractivity contribution >= 4 is 37.8 Å². The molecule has 0 bridgehead atoms. The van der Waals surface area contributed by atoms with Crippen molar-refractivity contribution in [3.05, 3.63) is 145 Å². The highest BCUT2D eigenvalue weighted by Gasteiger charge is 2.43. The fourth-order valence-electron chi connectivity index (χ4n) is 11.8. The first kappa shape index (κ1) is 68.6. The van der Waals surface area contributed by atoms with E-state index in [-0.39, 0.29) is 21.7 Å². The van der Waals surface area contributed by atoms with Gasteiger partial charge in [-0.15, -0.1) is 16.2 Å². The molecule has 0 spiro atoms.